The second kappa shape index (κ2) is 7.84. The van der Waals surface area contributed by atoms with Crippen LogP contribution in [0.25, 0.3) is 0 Å². The van der Waals surface area contributed by atoms with E-state index in [1.807, 2.05) is 0 Å². The summed E-state index contributed by atoms with van der Waals surface area (Å²) in [5, 5.41) is 0. The SMILES string of the molecule is O=C(CCC(=O)N1CCN(C(=O)c2ccco2)CC1)c1ccc(Cl)s1. The Kier molecular flexibility index (Phi) is 5.55. The van der Waals surface area contributed by atoms with Crippen molar-refractivity contribution in [1.29, 1.82) is 0 Å². The number of ketones is 1. The minimum absolute atomic E-state index is 0.0684. The number of hydrogen-bond acceptors (Lipinski definition) is 5. The minimum atomic E-state index is -0.165. The molecule has 0 unspecified atom stereocenters. The molecule has 1 fully saturated rings. The zero-order valence-electron chi connectivity index (χ0n) is 13.4. The number of hydrogen-bond donors (Lipinski definition) is 0. The average Bonchev–Trinajstić information content (AvgIpc) is 3.30. The van der Waals surface area contributed by atoms with Crippen LogP contribution in [0.4, 0.5) is 0 Å². The third kappa shape index (κ3) is 4.29. The van der Waals surface area contributed by atoms with Gasteiger partial charge in [-0.3, -0.25) is 14.4 Å². The number of nitrogens with zero attached hydrogens (tertiary/aromatic N) is 2. The molecule has 1 aliphatic rings. The molecule has 0 bridgehead atoms. The van der Waals surface area contributed by atoms with Crippen LogP contribution in [0.2, 0.25) is 4.34 Å². The Morgan fingerprint density at radius 2 is 1.76 bits per heavy atom. The standard InChI is InChI=1S/C17H17ClN2O4S/c18-15-5-4-14(25-15)12(21)3-6-16(22)19-7-9-20(10-8-19)17(23)13-2-1-11-24-13/h1-2,4-5,11H,3,6-10H2. The molecule has 132 valence electrons. The lowest BCUT2D eigenvalue weighted by atomic mass is 10.1. The molecule has 0 spiro atoms. The van der Waals surface area contributed by atoms with Gasteiger partial charge in [-0.05, 0) is 24.3 Å². The first kappa shape index (κ1) is 17.7. The van der Waals surface area contributed by atoms with E-state index in [1.165, 1.54) is 17.6 Å². The molecular formula is C17H17ClN2O4S. The molecule has 0 N–H and O–H groups in total. The van der Waals surface area contributed by atoms with Gasteiger partial charge in [0, 0.05) is 39.0 Å². The van der Waals surface area contributed by atoms with E-state index < -0.39 is 0 Å². The molecular weight excluding hydrogens is 364 g/mol. The second-order valence-corrected chi connectivity index (χ2v) is 7.39. The van der Waals surface area contributed by atoms with Gasteiger partial charge in [0.1, 0.15) is 0 Å². The summed E-state index contributed by atoms with van der Waals surface area (Å²) in [5.74, 6) is -0.000170. The van der Waals surface area contributed by atoms with Crippen LogP contribution in [-0.4, -0.2) is 53.6 Å². The van der Waals surface area contributed by atoms with Crippen LogP contribution in [0.15, 0.2) is 34.9 Å². The largest absolute Gasteiger partial charge is 0.459 e. The van der Waals surface area contributed by atoms with Crippen molar-refractivity contribution in [2.75, 3.05) is 26.2 Å². The lowest BCUT2D eigenvalue weighted by molar-refractivity contribution is -0.132. The first-order chi connectivity index (χ1) is 12.0. The first-order valence-corrected chi connectivity index (χ1v) is 9.13. The van der Waals surface area contributed by atoms with Crippen molar-refractivity contribution in [2.24, 2.45) is 0 Å². The normalized spacial score (nSPS) is 14.6. The van der Waals surface area contributed by atoms with E-state index in [4.69, 9.17) is 16.0 Å². The lowest BCUT2D eigenvalue weighted by Gasteiger charge is -2.34. The maximum absolute atomic E-state index is 12.3. The molecule has 2 aromatic rings. The number of carbonyl (C=O) groups is 3. The summed E-state index contributed by atoms with van der Waals surface area (Å²) >= 11 is 7.04. The number of carbonyl (C=O) groups excluding carboxylic acids is 3. The van der Waals surface area contributed by atoms with Crippen LogP contribution in [0.1, 0.15) is 33.1 Å². The molecule has 0 aliphatic carbocycles. The fraction of sp³-hybridized carbons (Fsp3) is 0.353. The fourth-order valence-electron chi connectivity index (χ4n) is 2.68. The Morgan fingerprint density at radius 1 is 1.04 bits per heavy atom. The Hall–Kier alpha value is -2.12. The lowest BCUT2D eigenvalue weighted by Crippen LogP contribution is -2.50. The predicted molar refractivity (Wildman–Crippen MR) is 94.1 cm³/mol. The summed E-state index contributed by atoms with van der Waals surface area (Å²) in [6.07, 6.45) is 1.80. The Bertz CT molecular complexity index is 763. The van der Waals surface area contributed by atoms with Gasteiger partial charge in [0.15, 0.2) is 11.5 Å². The van der Waals surface area contributed by atoms with Crippen LogP contribution in [0.5, 0.6) is 0 Å². The molecule has 3 rings (SSSR count). The highest BCUT2D eigenvalue weighted by atomic mass is 35.5. The van der Waals surface area contributed by atoms with Gasteiger partial charge in [-0.1, -0.05) is 11.6 Å². The molecule has 0 aromatic carbocycles. The Labute approximate surface area is 154 Å². The van der Waals surface area contributed by atoms with Gasteiger partial charge in [-0.25, -0.2) is 0 Å². The zero-order chi connectivity index (χ0) is 17.8. The van der Waals surface area contributed by atoms with Gasteiger partial charge in [-0.2, -0.15) is 0 Å². The number of thiophene rings is 1. The Balaban J connectivity index is 1.45. The highest BCUT2D eigenvalue weighted by Gasteiger charge is 2.26. The van der Waals surface area contributed by atoms with E-state index in [9.17, 15) is 14.4 Å². The van der Waals surface area contributed by atoms with Crippen LogP contribution in [0, 0.1) is 0 Å². The van der Waals surface area contributed by atoms with Crippen molar-refractivity contribution in [2.45, 2.75) is 12.8 Å². The number of piperazine rings is 1. The van der Waals surface area contributed by atoms with E-state index in [2.05, 4.69) is 0 Å². The smallest absolute Gasteiger partial charge is 0.289 e. The van der Waals surface area contributed by atoms with Gasteiger partial charge in [0.2, 0.25) is 5.91 Å². The van der Waals surface area contributed by atoms with Crippen molar-refractivity contribution in [3.63, 3.8) is 0 Å². The third-order valence-corrected chi connectivity index (χ3v) is 5.34. The van der Waals surface area contributed by atoms with Crippen molar-refractivity contribution in [1.82, 2.24) is 9.80 Å². The molecule has 2 aromatic heterocycles. The van der Waals surface area contributed by atoms with E-state index in [-0.39, 0.29) is 30.4 Å². The maximum Gasteiger partial charge on any atom is 0.289 e. The minimum Gasteiger partial charge on any atom is -0.459 e. The summed E-state index contributed by atoms with van der Waals surface area (Å²) in [6.45, 7) is 1.84. The molecule has 1 saturated heterocycles. The number of furan rings is 1. The van der Waals surface area contributed by atoms with Crippen LogP contribution >= 0.6 is 22.9 Å². The van der Waals surface area contributed by atoms with Gasteiger partial charge in [0.25, 0.3) is 5.91 Å². The number of amides is 2. The highest BCUT2D eigenvalue weighted by Crippen LogP contribution is 2.23. The summed E-state index contributed by atoms with van der Waals surface area (Å²) in [4.78, 5) is 40.4. The van der Waals surface area contributed by atoms with E-state index in [0.717, 1.165) is 0 Å². The summed E-state index contributed by atoms with van der Waals surface area (Å²) in [5.41, 5.74) is 0. The zero-order valence-corrected chi connectivity index (χ0v) is 15.0. The predicted octanol–water partition coefficient (Wildman–Crippen LogP) is 2.94. The maximum atomic E-state index is 12.3. The van der Waals surface area contributed by atoms with Gasteiger partial charge in [0.05, 0.1) is 15.5 Å². The number of halogens is 1. The topological polar surface area (TPSA) is 70.8 Å². The van der Waals surface area contributed by atoms with Crippen molar-refractivity contribution < 1.29 is 18.8 Å². The fourth-order valence-corrected chi connectivity index (χ4v) is 3.69. The number of rotatable bonds is 5. The molecule has 0 saturated carbocycles. The quantitative estimate of drug-likeness (QED) is 0.748. The molecule has 25 heavy (non-hydrogen) atoms. The third-order valence-electron chi connectivity index (χ3n) is 4.07. The molecule has 0 atom stereocenters. The van der Waals surface area contributed by atoms with Crippen LogP contribution in [0.3, 0.4) is 0 Å². The van der Waals surface area contributed by atoms with Crippen molar-refractivity contribution >= 4 is 40.5 Å². The molecule has 6 nitrogen and oxygen atoms in total. The van der Waals surface area contributed by atoms with Gasteiger partial charge < -0.3 is 14.2 Å². The molecule has 8 heteroatoms. The summed E-state index contributed by atoms with van der Waals surface area (Å²) in [7, 11) is 0. The average molecular weight is 381 g/mol. The van der Waals surface area contributed by atoms with Gasteiger partial charge in [-0.15, -0.1) is 11.3 Å². The molecule has 0 radical (unpaired) electrons. The Morgan fingerprint density at radius 3 is 2.36 bits per heavy atom. The monoisotopic (exact) mass is 380 g/mol. The highest BCUT2D eigenvalue weighted by molar-refractivity contribution is 7.18. The van der Waals surface area contributed by atoms with E-state index >= 15 is 0 Å². The summed E-state index contributed by atoms with van der Waals surface area (Å²) in [6, 6.07) is 6.66. The van der Waals surface area contributed by atoms with Gasteiger partial charge >= 0.3 is 0 Å². The molecule has 3 heterocycles. The van der Waals surface area contributed by atoms with Crippen molar-refractivity contribution in [3.05, 3.63) is 45.5 Å². The first-order valence-electron chi connectivity index (χ1n) is 7.93. The van der Waals surface area contributed by atoms with E-state index in [0.29, 0.717) is 41.2 Å². The van der Waals surface area contributed by atoms with Crippen molar-refractivity contribution in [3.8, 4) is 0 Å². The van der Waals surface area contributed by atoms with E-state index in [1.54, 1.807) is 34.1 Å². The number of Topliss-reactive ketones (excluding diaryl/α,β-unsaturated/α-hetero) is 1. The second-order valence-electron chi connectivity index (χ2n) is 5.68. The molecule has 1 aliphatic heterocycles. The van der Waals surface area contributed by atoms with Crippen LogP contribution in [-0.2, 0) is 4.79 Å². The summed E-state index contributed by atoms with van der Waals surface area (Å²) < 4.78 is 5.68. The molecule has 2 amide bonds. The van der Waals surface area contributed by atoms with Crippen LogP contribution < -0.4 is 0 Å².